The second-order valence-corrected chi connectivity index (χ2v) is 4.19. The van der Waals surface area contributed by atoms with Crippen LogP contribution >= 0.6 is 7.82 Å². The Morgan fingerprint density at radius 3 is 1.72 bits per heavy atom. The molecule has 98 valence electrons. The molecular formula is C6H13Na2O9P. The molecule has 0 aromatic heterocycles. The summed E-state index contributed by atoms with van der Waals surface area (Å²) in [6.07, 6.45) is -7.47. The number of hydrogen-bond acceptors (Lipinski definition) is 9. The van der Waals surface area contributed by atoms with Gasteiger partial charge in [0.15, 0.2) is 0 Å². The van der Waals surface area contributed by atoms with Gasteiger partial charge in [-0.25, -0.2) is 0 Å². The third-order valence-corrected chi connectivity index (χ3v) is 2.19. The molecule has 0 aromatic rings. The largest absolute Gasteiger partial charge is 1.00 e. The molecule has 0 aliphatic heterocycles. The van der Waals surface area contributed by atoms with Crippen LogP contribution in [0.2, 0.25) is 0 Å². The maximum absolute atomic E-state index is 10.0. The van der Waals surface area contributed by atoms with Gasteiger partial charge in [-0.05, 0) is 0 Å². The van der Waals surface area contributed by atoms with Gasteiger partial charge in [0.2, 0.25) is 0 Å². The van der Waals surface area contributed by atoms with Crippen molar-refractivity contribution in [2.24, 2.45) is 0 Å². The first-order valence-corrected chi connectivity index (χ1v) is 5.65. The molecule has 0 saturated heterocycles. The van der Waals surface area contributed by atoms with Crippen molar-refractivity contribution < 1.29 is 104 Å². The van der Waals surface area contributed by atoms with Crippen LogP contribution in [0.3, 0.4) is 0 Å². The van der Waals surface area contributed by atoms with Crippen LogP contribution in [-0.2, 0) is 9.09 Å². The molecule has 5 N–H and O–H groups in total. The Labute approximate surface area is 148 Å². The predicted octanol–water partition coefficient (Wildman–Crippen LogP) is -10.7. The molecule has 0 unspecified atom stereocenters. The first-order valence-electron chi connectivity index (χ1n) is 4.18. The summed E-state index contributed by atoms with van der Waals surface area (Å²) in [7, 11) is -5.28. The fraction of sp³-hybridized carbons (Fsp3) is 1.00. The molecule has 0 aromatic carbocycles. The van der Waals surface area contributed by atoms with Gasteiger partial charge in [0, 0.05) is 0 Å². The zero-order valence-electron chi connectivity index (χ0n) is 10.0. The molecule has 0 amide bonds. The zero-order valence-corrected chi connectivity index (χ0v) is 14.9. The summed E-state index contributed by atoms with van der Waals surface area (Å²) >= 11 is 0. The zero-order chi connectivity index (χ0) is 12.9. The molecular weight excluding hydrogens is 293 g/mol. The van der Waals surface area contributed by atoms with E-state index in [1.165, 1.54) is 0 Å². The van der Waals surface area contributed by atoms with Crippen LogP contribution in [0.4, 0.5) is 0 Å². The Kier molecular flexibility index (Phi) is 16.0. The van der Waals surface area contributed by atoms with Gasteiger partial charge in [0.25, 0.3) is 0 Å². The van der Waals surface area contributed by atoms with Gasteiger partial charge in [-0.2, -0.15) is 0 Å². The summed E-state index contributed by atoms with van der Waals surface area (Å²) in [6, 6.07) is 0. The van der Waals surface area contributed by atoms with Crippen molar-refractivity contribution in [3.05, 3.63) is 0 Å². The summed E-state index contributed by atoms with van der Waals surface area (Å²) in [5.74, 6) is 0. The Bertz CT molecular complexity index is 249. The van der Waals surface area contributed by atoms with E-state index in [-0.39, 0.29) is 59.1 Å². The number of rotatable bonds is 7. The number of phosphoric acid groups is 1. The predicted molar refractivity (Wildman–Crippen MR) is 44.7 cm³/mol. The molecule has 0 spiro atoms. The molecule has 18 heavy (non-hydrogen) atoms. The summed E-state index contributed by atoms with van der Waals surface area (Å²) < 4.78 is 13.7. The van der Waals surface area contributed by atoms with E-state index in [1.54, 1.807) is 0 Å². The van der Waals surface area contributed by atoms with Crippen molar-refractivity contribution in [3.63, 3.8) is 0 Å². The normalized spacial score (nSPS) is 17.9. The third-order valence-electron chi connectivity index (χ3n) is 1.73. The van der Waals surface area contributed by atoms with Crippen molar-refractivity contribution in [1.29, 1.82) is 0 Å². The second kappa shape index (κ2) is 11.6. The first kappa shape index (κ1) is 24.9. The minimum absolute atomic E-state index is 0. The fourth-order valence-corrected chi connectivity index (χ4v) is 1.16. The van der Waals surface area contributed by atoms with Crippen LogP contribution in [-0.4, -0.2) is 63.2 Å². The maximum atomic E-state index is 10.0. The molecule has 4 atom stereocenters. The number of aliphatic hydroxyl groups excluding tert-OH is 5. The quantitative estimate of drug-likeness (QED) is 0.226. The average Bonchev–Trinajstić information content (AvgIpc) is 2.21. The average molecular weight is 306 g/mol. The van der Waals surface area contributed by atoms with E-state index in [0.717, 1.165) is 0 Å². The van der Waals surface area contributed by atoms with Gasteiger partial charge in [0.05, 0.1) is 21.0 Å². The van der Waals surface area contributed by atoms with Crippen LogP contribution in [0.1, 0.15) is 0 Å². The first-order chi connectivity index (χ1) is 7.19. The van der Waals surface area contributed by atoms with Crippen LogP contribution in [0.5, 0.6) is 0 Å². The van der Waals surface area contributed by atoms with Gasteiger partial charge in [0.1, 0.15) is 24.4 Å². The molecule has 0 aliphatic rings. The van der Waals surface area contributed by atoms with Gasteiger partial charge in [-0.1, -0.05) is 0 Å². The van der Waals surface area contributed by atoms with E-state index >= 15 is 0 Å². The van der Waals surface area contributed by atoms with E-state index in [1.807, 2.05) is 0 Å². The molecule has 9 nitrogen and oxygen atoms in total. The van der Waals surface area contributed by atoms with Gasteiger partial charge in [-0.3, -0.25) is 0 Å². The molecule has 0 saturated carbocycles. The Morgan fingerprint density at radius 1 is 1.00 bits per heavy atom. The second-order valence-electron chi connectivity index (χ2n) is 3.04. The van der Waals surface area contributed by atoms with Gasteiger partial charge in [-0.15, -0.1) is 0 Å². The minimum Gasteiger partial charge on any atom is -0.790 e. The Balaban J connectivity index is -0.00000112. The van der Waals surface area contributed by atoms with Crippen LogP contribution < -0.4 is 68.9 Å². The Hall–Kier alpha value is 1.91. The molecule has 0 radical (unpaired) electrons. The van der Waals surface area contributed by atoms with Crippen LogP contribution in [0.25, 0.3) is 0 Å². The van der Waals surface area contributed by atoms with E-state index in [2.05, 4.69) is 4.52 Å². The number of hydrogen-bond donors (Lipinski definition) is 5. The van der Waals surface area contributed by atoms with Gasteiger partial charge >= 0.3 is 59.1 Å². The van der Waals surface area contributed by atoms with Crippen molar-refractivity contribution in [2.75, 3.05) is 13.2 Å². The van der Waals surface area contributed by atoms with E-state index in [9.17, 15) is 14.4 Å². The third kappa shape index (κ3) is 10.7. The summed E-state index contributed by atoms with van der Waals surface area (Å²) in [5, 5.41) is 44.6. The molecule has 0 fully saturated rings. The smallest absolute Gasteiger partial charge is 0.790 e. The van der Waals surface area contributed by atoms with Gasteiger partial charge < -0.3 is 44.4 Å². The van der Waals surface area contributed by atoms with Crippen molar-refractivity contribution in [1.82, 2.24) is 0 Å². The molecule has 0 aliphatic carbocycles. The summed E-state index contributed by atoms with van der Waals surface area (Å²) in [5.41, 5.74) is 0. The fourth-order valence-electron chi connectivity index (χ4n) is 0.829. The summed E-state index contributed by atoms with van der Waals surface area (Å²) in [6.45, 7) is -1.92. The molecule has 0 rings (SSSR count). The molecule has 0 heterocycles. The van der Waals surface area contributed by atoms with E-state index in [0.29, 0.717) is 0 Å². The van der Waals surface area contributed by atoms with E-state index in [4.69, 9.17) is 25.5 Å². The Morgan fingerprint density at radius 2 is 1.39 bits per heavy atom. The maximum Gasteiger partial charge on any atom is 1.00 e. The monoisotopic (exact) mass is 306 g/mol. The van der Waals surface area contributed by atoms with Crippen LogP contribution in [0, 0.1) is 0 Å². The van der Waals surface area contributed by atoms with Crippen molar-refractivity contribution in [3.8, 4) is 0 Å². The van der Waals surface area contributed by atoms with Crippen molar-refractivity contribution in [2.45, 2.75) is 24.4 Å². The summed E-state index contributed by atoms with van der Waals surface area (Å²) in [4.78, 5) is 20.0. The van der Waals surface area contributed by atoms with E-state index < -0.39 is 45.5 Å². The van der Waals surface area contributed by atoms with Crippen LogP contribution in [0.15, 0.2) is 0 Å². The minimum atomic E-state index is -5.28. The SMILES string of the molecule is O=P([O-])([O-])OC[C@H](O)[C@@H](O)[C@H](O)[C@H](O)CO.[Na+].[Na+]. The molecule has 12 heteroatoms. The number of phosphoric ester groups is 1. The van der Waals surface area contributed by atoms with Crippen molar-refractivity contribution >= 4 is 7.82 Å². The number of aliphatic hydroxyl groups is 5. The topological polar surface area (TPSA) is 174 Å². The standard InChI is InChI=1S/C6H15O9P.2Na/c7-1-3(8)5(10)6(11)4(9)2-15-16(12,13)14;;/h3-11H,1-2H2,(H2,12,13,14);;/q;2*+1/p-2/t3-,4+,5-,6-;;/m1../s1. The molecule has 0 bridgehead atoms.